The quantitative estimate of drug-likeness (QED) is 0.836. The molecule has 0 bridgehead atoms. The van der Waals surface area contributed by atoms with Crippen molar-refractivity contribution in [2.24, 2.45) is 4.99 Å². The first-order chi connectivity index (χ1) is 12.3. The van der Waals surface area contributed by atoms with E-state index < -0.39 is 0 Å². The summed E-state index contributed by atoms with van der Waals surface area (Å²) >= 11 is 0. The van der Waals surface area contributed by atoms with Crippen LogP contribution in [0.5, 0.6) is 0 Å². The number of benzene rings is 1. The maximum absolute atomic E-state index is 9.30. The second-order valence-corrected chi connectivity index (χ2v) is 5.71. The van der Waals surface area contributed by atoms with E-state index in [0.717, 1.165) is 12.0 Å². The molecular formula is C17H14N8. The first-order valence-electron chi connectivity index (χ1n) is 7.93. The molecule has 0 unspecified atom stereocenters. The summed E-state index contributed by atoms with van der Waals surface area (Å²) in [4.78, 5) is 6.39. The molecule has 0 fully saturated rings. The molecule has 2 aromatic rings. The zero-order valence-corrected chi connectivity index (χ0v) is 13.3. The summed E-state index contributed by atoms with van der Waals surface area (Å²) in [6, 6.07) is 13.8. The van der Waals surface area contributed by atoms with Gasteiger partial charge in [0.25, 0.3) is 0 Å². The molecule has 0 spiro atoms. The highest BCUT2D eigenvalue weighted by atomic mass is 15.5. The van der Waals surface area contributed by atoms with Crippen molar-refractivity contribution in [2.45, 2.75) is 13.0 Å². The van der Waals surface area contributed by atoms with Crippen LogP contribution in [0.2, 0.25) is 0 Å². The van der Waals surface area contributed by atoms with Gasteiger partial charge in [0.05, 0.1) is 6.54 Å². The minimum atomic E-state index is 0.0210. The average Bonchev–Trinajstić information content (AvgIpc) is 3.06. The maximum Gasteiger partial charge on any atom is 0.172 e. The van der Waals surface area contributed by atoms with Crippen LogP contribution < -0.4 is 5.32 Å². The lowest BCUT2D eigenvalue weighted by Gasteiger charge is -2.34. The first kappa shape index (κ1) is 14.9. The van der Waals surface area contributed by atoms with E-state index in [-0.39, 0.29) is 5.57 Å². The summed E-state index contributed by atoms with van der Waals surface area (Å²) in [5.74, 6) is 1.77. The molecule has 0 aliphatic carbocycles. The van der Waals surface area contributed by atoms with Crippen LogP contribution in [0.1, 0.15) is 17.7 Å². The Morgan fingerprint density at radius 1 is 1.20 bits per heavy atom. The zero-order chi connectivity index (χ0) is 17.2. The SMILES string of the molecule is N#CC(C#N)=C1Nc2c(nnn2Cc2ccccc2)C2=NCCCN21. The van der Waals surface area contributed by atoms with Gasteiger partial charge in [-0.3, -0.25) is 4.99 Å². The van der Waals surface area contributed by atoms with Gasteiger partial charge in [-0.1, -0.05) is 35.5 Å². The van der Waals surface area contributed by atoms with Crippen LogP contribution in [0.15, 0.2) is 46.7 Å². The molecular weight excluding hydrogens is 316 g/mol. The second-order valence-electron chi connectivity index (χ2n) is 5.71. The Kier molecular flexibility index (Phi) is 3.64. The monoisotopic (exact) mass is 330 g/mol. The van der Waals surface area contributed by atoms with Gasteiger partial charge < -0.3 is 10.2 Å². The number of anilines is 1. The number of rotatable bonds is 2. The molecule has 2 aliphatic heterocycles. The van der Waals surface area contributed by atoms with Crippen LogP contribution in [0.4, 0.5) is 5.82 Å². The molecule has 0 saturated carbocycles. The van der Waals surface area contributed by atoms with E-state index in [1.165, 1.54) is 0 Å². The van der Waals surface area contributed by atoms with E-state index in [9.17, 15) is 10.5 Å². The third-order valence-corrected chi connectivity index (χ3v) is 4.15. The van der Waals surface area contributed by atoms with Crippen molar-refractivity contribution in [3.63, 3.8) is 0 Å². The lowest BCUT2D eigenvalue weighted by Crippen LogP contribution is -2.43. The van der Waals surface area contributed by atoms with Crippen LogP contribution in [-0.4, -0.2) is 38.8 Å². The molecule has 0 saturated heterocycles. The summed E-state index contributed by atoms with van der Waals surface area (Å²) < 4.78 is 1.73. The molecule has 122 valence electrons. The van der Waals surface area contributed by atoms with Gasteiger partial charge in [0.15, 0.2) is 22.9 Å². The highest BCUT2D eigenvalue weighted by molar-refractivity contribution is 6.05. The molecule has 2 aliphatic rings. The van der Waals surface area contributed by atoms with E-state index in [0.29, 0.717) is 42.8 Å². The average molecular weight is 330 g/mol. The molecule has 3 heterocycles. The van der Waals surface area contributed by atoms with Gasteiger partial charge in [-0.05, 0) is 12.0 Å². The molecule has 0 atom stereocenters. The molecule has 1 aromatic heterocycles. The number of nitrogens with zero attached hydrogens (tertiary/aromatic N) is 7. The van der Waals surface area contributed by atoms with Gasteiger partial charge in [-0.2, -0.15) is 10.5 Å². The highest BCUT2D eigenvalue weighted by Gasteiger charge is 2.34. The zero-order valence-electron chi connectivity index (χ0n) is 13.3. The van der Waals surface area contributed by atoms with Crippen molar-refractivity contribution in [1.29, 1.82) is 10.5 Å². The van der Waals surface area contributed by atoms with E-state index >= 15 is 0 Å². The number of fused-ring (bicyclic) bond motifs is 3. The Labute approximate surface area is 144 Å². The minimum Gasteiger partial charge on any atom is -0.323 e. The van der Waals surface area contributed by atoms with Crippen molar-refractivity contribution in [1.82, 2.24) is 19.9 Å². The number of amidine groups is 1. The van der Waals surface area contributed by atoms with Gasteiger partial charge in [0.1, 0.15) is 18.0 Å². The summed E-state index contributed by atoms with van der Waals surface area (Å²) in [5.41, 5.74) is 1.75. The lowest BCUT2D eigenvalue weighted by molar-refractivity contribution is 0.469. The second kappa shape index (κ2) is 6.10. The summed E-state index contributed by atoms with van der Waals surface area (Å²) in [6.45, 7) is 1.91. The van der Waals surface area contributed by atoms with Gasteiger partial charge in [0.2, 0.25) is 0 Å². The predicted molar refractivity (Wildman–Crippen MR) is 90.2 cm³/mol. The van der Waals surface area contributed by atoms with Crippen LogP contribution >= 0.6 is 0 Å². The molecule has 0 radical (unpaired) electrons. The Morgan fingerprint density at radius 2 is 2.00 bits per heavy atom. The fourth-order valence-electron chi connectivity index (χ4n) is 2.99. The van der Waals surface area contributed by atoms with Gasteiger partial charge >= 0.3 is 0 Å². The number of nitrogens with one attached hydrogen (secondary N) is 1. The van der Waals surface area contributed by atoms with Gasteiger partial charge in [-0.25, -0.2) is 4.68 Å². The molecule has 1 N–H and O–H groups in total. The largest absolute Gasteiger partial charge is 0.323 e. The van der Waals surface area contributed by atoms with Crippen LogP contribution in [0.3, 0.4) is 0 Å². The Morgan fingerprint density at radius 3 is 2.76 bits per heavy atom. The van der Waals surface area contributed by atoms with Crippen molar-refractivity contribution in [3.05, 3.63) is 53.0 Å². The topological polar surface area (TPSA) is 106 Å². The highest BCUT2D eigenvalue weighted by Crippen LogP contribution is 2.29. The lowest BCUT2D eigenvalue weighted by atomic mass is 10.1. The van der Waals surface area contributed by atoms with E-state index in [1.54, 1.807) is 4.68 Å². The number of nitriles is 2. The molecule has 8 heteroatoms. The summed E-state index contributed by atoms with van der Waals surface area (Å²) in [7, 11) is 0. The van der Waals surface area contributed by atoms with Crippen molar-refractivity contribution in [2.75, 3.05) is 18.4 Å². The first-order valence-corrected chi connectivity index (χ1v) is 7.93. The van der Waals surface area contributed by atoms with Crippen LogP contribution in [0.25, 0.3) is 0 Å². The Balaban J connectivity index is 1.81. The molecule has 0 amide bonds. The van der Waals surface area contributed by atoms with E-state index in [2.05, 4.69) is 20.6 Å². The van der Waals surface area contributed by atoms with Crippen molar-refractivity contribution in [3.8, 4) is 12.1 Å². The number of aliphatic imine (C=N–C) groups is 1. The normalized spacial score (nSPS) is 15.2. The smallest absolute Gasteiger partial charge is 0.172 e. The Hall–Kier alpha value is -3.65. The molecule has 25 heavy (non-hydrogen) atoms. The van der Waals surface area contributed by atoms with Crippen molar-refractivity contribution < 1.29 is 0 Å². The molecule has 1 aromatic carbocycles. The van der Waals surface area contributed by atoms with Crippen LogP contribution in [0, 0.1) is 22.7 Å². The third-order valence-electron chi connectivity index (χ3n) is 4.15. The standard InChI is InChI=1S/C17H14N8/c18-9-13(10-19)15-21-17-14(16-20-7-4-8-24(15)16)22-23-25(17)11-12-5-2-1-3-6-12/h1-3,5-6,21H,4,7-8,11H2. The number of aromatic nitrogens is 3. The van der Waals surface area contributed by atoms with Gasteiger partial charge in [-0.15, -0.1) is 5.10 Å². The van der Waals surface area contributed by atoms with Gasteiger partial charge in [0, 0.05) is 13.1 Å². The third kappa shape index (κ3) is 2.50. The van der Waals surface area contributed by atoms with Crippen LogP contribution in [-0.2, 0) is 6.54 Å². The number of hydrogen-bond acceptors (Lipinski definition) is 7. The number of allylic oxidation sites excluding steroid dienone is 1. The predicted octanol–water partition coefficient (Wildman–Crippen LogP) is 1.46. The fourth-order valence-corrected chi connectivity index (χ4v) is 2.99. The fraction of sp³-hybridized carbons (Fsp3) is 0.235. The number of hydrogen-bond donors (Lipinski definition) is 1. The maximum atomic E-state index is 9.30. The molecule has 4 rings (SSSR count). The summed E-state index contributed by atoms with van der Waals surface area (Å²) in [5, 5.41) is 30.3. The van der Waals surface area contributed by atoms with E-state index in [4.69, 9.17) is 0 Å². The minimum absolute atomic E-state index is 0.0210. The molecule has 8 nitrogen and oxygen atoms in total. The van der Waals surface area contributed by atoms with Crippen molar-refractivity contribution >= 4 is 11.7 Å². The summed E-state index contributed by atoms with van der Waals surface area (Å²) in [6.07, 6.45) is 0.853. The van der Waals surface area contributed by atoms with E-state index in [1.807, 2.05) is 47.4 Å². The Bertz CT molecular complexity index is 939.